The summed E-state index contributed by atoms with van der Waals surface area (Å²) in [4.78, 5) is 13.3. The van der Waals surface area contributed by atoms with Crippen molar-refractivity contribution in [1.82, 2.24) is 20.6 Å². The van der Waals surface area contributed by atoms with Gasteiger partial charge in [-0.05, 0) is 29.8 Å². The first-order chi connectivity index (χ1) is 13.2. The summed E-state index contributed by atoms with van der Waals surface area (Å²) < 4.78 is 18.1. The van der Waals surface area contributed by atoms with Crippen LogP contribution in [0.2, 0.25) is 0 Å². The summed E-state index contributed by atoms with van der Waals surface area (Å²) in [7, 11) is 1.63. The largest absolute Gasteiger partial charge is 0.496 e. The monoisotopic (exact) mass is 389 g/mol. The molecule has 4 rings (SSSR count). The number of tetrazole rings is 1. The summed E-state index contributed by atoms with van der Waals surface area (Å²) in [6, 6.07) is 3.92. The second kappa shape index (κ2) is 7.49. The van der Waals surface area contributed by atoms with Crippen molar-refractivity contribution in [3.05, 3.63) is 22.6 Å². The Morgan fingerprint density at radius 2 is 2.19 bits per heavy atom. The third-order valence-corrected chi connectivity index (χ3v) is 5.52. The number of H-pyrrole nitrogens is 1. The minimum absolute atomic E-state index is 0.000531. The molecule has 3 heterocycles. The molecule has 3 aromatic rings. The quantitative estimate of drug-likeness (QED) is 0.690. The summed E-state index contributed by atoms with van der Waals surface area (Å²) in [6.07, 6.45) is 1.57. The van der Waals surface area contributed by atoms with Crippen LogP contribution >= 0.6 is 11.3 Å². The number of ether oxygens (including phenoxy) is 3. The summed E-state index contributed by atoms with van der Waals surface area (Å²) in [5, 5.41) is 16.8. The molecule has 0 radical (unpaired) electrons. The number of benzene rings is 1. The van der Waals surface area contributed by atoms with Gasteiger partial charge in [0.05, 0.1) is 20.3 Å². The maximum absolute atomic E-state index is 12.8. The van der Waals surface area contributed by atoms with E-state index in [1.807, 2.05) is 19.1 Å². The summed E-state index contributed by atoms with van der Waals surface area (Å²) in [5.41, 5.74) is 0.994. The van der Waals surface area contributed by atoms with E-state index >= 15 is 0 Å². The Morgan fingerprint density at radius 1 is 1.37 bits per heavy atom. The Labute approximate surface area is 159 Å². The molecule has 27 heavy (non-hydrogen) atoms. The van der Waals surface area contributed by atoms with Crippen LogP contribution in [0.3, 0.4) is 0 Å². The standard InChI is InChI=1S/C17H19N5O4S/c1-9-7-13-11(8-12(9)24-2)14(26-10-3-5-25-6-4-10)15(27-13)16(23)18-17-19-21-22-20-17/h7-8,10H,3-6H2,1-2H3,(H2,18,19,20,21,22,23). The molecule has 0 bridgehead atoms. The Kier molecular flexibility index (Phi) is 4.90. The van der Waals surface area contributed by atoms with Crippen molar-refractivity contribution in [2.45, 2.75) is 25.9 Å². The van der Waals surface area contributed by atoms with Crippen LogP contribution in [0.5, 0.6) is 11.5 Å². The molecule has 0 saturated carbocycles. The third kappa shape index (κ3) is 3.58. The summed E-state index contributed by atoms with van der Waals surface area (Å²) >= 11 is 1.37. The Bertz CT molecular complexity index is 950. The number of carbonyl (C=O) groups excluding carboxylic acids is 1. The van der Waals surface area contributed by atoms with E-state index in [0.29, 0.717) is 23.8 Å². The lowest BCUT2D eigenvalue weighted by Gasteiger charge is -2.23. The van der Waals surface area contributed by atoms with E-state index in [9.17, 15) is 4.79 Å². The highest BCUT2D eigenvalue weighted by molar-refractivity contribution is 7.21. The van der Waals surface area contributed by atoms with Crippen LogP contribution in [-0.4, -0.2) is 53.0 Å². The lowest BCUT2D eigenvalue weighted by Crippen LogP contribution is -2.26. The van der Waals surface area contributed by atoms with Crippen LogP contribution in [0.25, 0.3) is 10.1 Å². The SMILES string of the molecule is COc1cc2c(OC3CCOCC3)c(C(=O)Nc3nn[nH]n3)sc2cc1C. The second-order valence-corrected chi connectivity index (χ2v) is 7.25. The van der Waals surface area contributed by atoms with Gasteiger partial charge >= 0.3 is 0 Å². The third-order valence-electron chi connectivity index (χ3n) is 4.39. The van der Waals surface area contributed by atoms with Gasteiger partial charge in [-0.1, -0.05) is 5.10 Å². The number of methoxy groups -OCH3 is 1. The van der Waals surface area contributed by atoms with Crippen LogP contribution in [0, 0.1) is 6.92 Å². The molecular formula is C17H19N5O4S. The van der Waals surface area contributed by atoms with Crippen molar-refractivity contribution >= 4 is 33.3 Å². The summed E-state index contributed by atoms with van der Waals surface area (Å²) in [6.45, 7) is 3.27. The van der Waals surface area contributed by atoms with Crippen molar-refractivity contribution in [3.63, 3.8) is 0 Å². The van der Waals surface area contributed by atoms with E-state index in [2.05, 4.69) is 25.9 Å². The van der Waals surface area contributed by atoms with E-state index in [1.165, 1.54) is 11.3 Å². The highest BCUT2D eigenvalue weighted by Gasteiger charge is 2.25. The molecule has 2 N–H and O–H groups in total. The fourth-order valence-corrected chi connectivity index (χ4v) is 4.13. The first-order valence-electron chi connectivity index (χ1n) is 8.56. The summed E-state index contributed by atoms with van der Waals surface area (Å²) in [5.74, 6) is 1.09. The first-order valence-corrected chi connectivity index (χ1v) is 9.37. The van der Waals surface area contributed by atoms with Crippen LogP contribution in [0.15, 0.2) is 12.1 Å². The van der Waals surface area contributed by atoms with Gasteiger partial charge in [0.15, 0.2) is 5.75 Å². The number of hydrogen-bond donors (Lipinski definition) is 2. The molecule has 1 amide bonds. The van der Waals surface area contributed by atoms with Crippen molar-refractivity contribution in [2.75, 3.05) is 25.6 Å². The minimum atomic E-state index is -0.337. The molecule has 1 aliphatic heterocycles. The fourth-order valence-electron chi connectivity index (χ4n) is 3.02. The number of carbonyl (C=O) groups is 1. The number of aromatic amines is 1. The molecule has 9 nitrogen and oxygen atoms in total. The lowest BCUT2D eigenvalue weighted by molar-refractivity contribution is 0.0260. The number of aromatic nitrogens is 4. The van der Waals surface area contributed by atoms with Gasteiger partial charge in [-0.25, -0.2) is 0 Å². The number of nitrogens with one attached hydrogen (secondary N) is 2. The fraction of sp³-hybridized carbons (Fsp3) is 0.412. The van der Waals surface area contributed by atoms with Gasteiger partial charge in [0.25, 0.3) is 11.9 Å². The van der Waals surface area contributed by atoms with Crippen LogP contribution in [0.1, 0.15) is 28.1 Å². The number of hydrogen-bond acceptors (Lipinski definition) is 8. The van der Waals surface area contributed by atoms with Gasteiger partial charge in [0.2, 0.25) is 0 Å². The number of anilines is 1. The van der Waals surface area contributed by atoms with E-state index in [4.69, 9.17) is 14.2 Å². The molecule has 0 atom stereocenters. The number of amides is 1. The molecular weight excluding hydrogens is 370 g/mol. The Hall–Kier alpha value is -2.72. The minimum Gasteiger partial charge on any atom is -0.496 e. The van der Waals surface area contributed by atoms with E-state index < -0.39 is 0 Å². The van der Waals surface area contributed by atoms with Gasteiger partial charge in [-0.15, -0.1) is 16.4 Å². The van der Waals surface area contributed by atoms with Crippen molar-refractivity contribution in [3.8, 4) is 11.5 Å². The van der Waals surface area contributed by atoms with E-state index in [1.54, 1.807) is 7.11 Å². The predicted octanol–water partition coefficient (Wildman–Crippen LogP) is 2.54. The predicted molar refractivity (Wildman–Crippen MR) is 99.7 cm³/mol. The maximum Gasteiger partial charge on any atom is 0.272 e. The average molecular weight is 389 g/mol. The lowest BCUT2D eigenvalue weighted by atomic mass is 10.1. The van der Waals surface area contributed by atoms with Crippen LogP contribution < -0.4 is 14.8 Å². The second-order valence-electron chi connectivity index (χ2n) is 6.20. The number of fused-ring (bicyclic) bond motifs is 1. The smallest absolute Gasteiger partial charge is 0.272 e. The number of thiophene rings is 1. The number of nitrogens with zero attached hydrogens (tertiary/aromatic N) is 3. The normalized spacial score (nSPS) is 15.0. The van der Waals surface area contributed by atoms with Crippen molar-refractivity contribution in [1.29, 1.82) is 0 Å². The van der Waals surface area contributed by atoms with Gasteiger partial charge in [-0.2, -0.15) is 5.21 Å². The Morgan fingerprint density at radius 3 is 2.89 bits per heavy atom. The van der Waals surface area contributed by atoms with Crippen LogP contribution in [-0.2, 0) is 4.74 Å². The highest BCUT2D eigenvalue weighted by Crippen LogP contribution is 2.42. The highest BCUT2D eigenvalue weighted by atomic mass is 32.1. The molecule has 0 spiro atoms. The van der Waals surface area contributed by atoms with Gasteiger partial charge in [0, 0.05) is 22.9 Å². The molecule has 142 valence electrons. The van der Waals surface area contributed by atoms with Crippen LogP contribution in [0.4, 0.5) is 5.95 Å². The van der Waals surface area contributed by atoms with Gasteiger partial charge in [-0.3, -0.25) is 10.1 Å². The van der Waals surface area contributed by atoms with Crippen molar-refractivity contribution < 1.29 is 19.0 Å². The zero-order valence-corrected chi connectivity index (χ0v) is 15.8. The zero-order chi connectivity index (χ0) is 18.8. The zero-order valence-electron chi connectivity index (χ0n) is 14.9. The number of rotatable bonds is 5. The Balaban J connectivity index is 1.75. The van der Waals surface area contributed by atoms with Gasteiger partial charge in [0.1, 0.15) is 16.7 Å². The molecule has 0 unspecified atom stereocenters. The molecule has 1 aliphatic rings. The molecule has 1 fully saturated rings. The van der Waals surface area contributed by atoms with Crippen molar-refractivity contribution in [2.24, 2.45) is 0 Å². The maximum atomic E-state index is 12.8. The first kappa shape index (κ1) is 17.7. The molecule has 10 heteroatoms. The topological polar surface area (TPSA) is 111 Å². The molecule has 1 aromatic carbocycles. The molecule has 0 aliphatic carbocycles. The van der Waals surface area contributed by atoms with E-state index in [-0.39, 0.29) is 18.0 Å². The van der Waals surface area contributed by atoms with E-state index in [0.717, 1.165) is 34.2 Å². The molecule has 1 saturated heterocycles. The van der Waals surface area contributed by atoms with Gasteiger partial charge < -0.3 is 14.2 Å². The number of aryl methyl sites for hydroxylation is 1. The molecule has 2 aromatic heterocycles. The average Bonchev–Trinajstić information content (AvgIpc) is 3.30.